The Kier molecular flexibility index (Phi) is 4.84. The highest BCUT2D eigenvalue weighted by Gasteiger charge is 2.09. The third-order valence-electron chi connectivity index (χ3n) is 3.17. The number of nitrogens with zero attached hydrogens (tertiary/aromatic N) is 4. The summed E-state index contributed by atoms with van der Waals surface area (Å²) in [5, 5.41) is 16.5. The van der Waals surface area contributed by atoms with Crippen molar-refractivity contribution >= 4 is 0 Å². The van der Waals surface area contributed by atoms with Crippen molar-refractivity contribution in [3.8, 4) is 5.82 Å². The van der Waals surface area contributed by atoms with Gasteiger partial charge in [-0.1, -0.05) is 27.7 Å². The van der Waals surface area contributed by atoms with E-state index < -0.39 is 0 Å². The Balaban J connectivity index is 2.19. The van der Waals surface area contributed by atoms with Gasteiger partial charge >= 0.3 is 0 Å². The maximum absolute atomic E-state index is 4.57. The maximum atomic E-state index is 4.57. The van der Waals surface area contributed by atoms with E-state index in [1.54, 1.807) is 0 Å². The van der Waals surface area contributed by atoms with Crippen LogP contribution in [0.4, 0.5) is 0 Å². The van der Waals surface area contributed by atoms with E-state index in [1.165, 1.54) is 5.69 Å². The topological polar surface area (TPSA) is 55.6 Å². The third-order valence-corrected chi connectivity index (χ3v) is 3.17. The minimum absolute atomic E-state index is 0.446. The summed E-state index contributed by atoms with van der Waals surface area (Å²) in [6.07, 6.45) is 1.87. The summed E-state index contributed by atoms with van der Waals surface area (Å²) in [6.45, 7) is 9.21. The van der Waals surface area contributed by atoms with Gasteiger partial charge in [0.05, 0.1) is 11.4 Å². The van der Waals surface area contributed by atoms with E-state index >= 15 is 0 Å². The molecule has 2 aromatic rings. The van der Waals surface area contributed by atoms with Crippen LogP contribution in [-0.2, 0) is 19.4 Å². The molecule has 20 heavy (non-hydrogen) atoms. The Hall–Kier alpha value is -1.75. The van der Waals surface area contributed by atoms with Crippen LogP contribution in [0.15, 0.2) is 18.2 Å². The highest BCUT2D eigenvalue weighted by molar-refractivity contribution is 5.26. The molecule has 0 aliphatic heterocycles. The van der Waals surface area contributed by atoms with Crippen molar-refractivity contribution < 1.29 is 0 Å². The van der Waals surface area contributed by atoms with Crippen molar-refractivity contribution in [2.45, 2.75) is 53.1 Å². The smallest absolute Gasteiger partial charge is 0.175 e. The molecule has 0 aliphatic rings. The summed E-state index contributed by atoms with van der Waals surface area (Å²) < 4.78 is 1.89. The minimum Gasteiger partial charge on any atom is -0.309 e. The van der Waals surface area contributed by atoms with Crippen molar-refractivity contribution in [1.29, 1.82) is 0 Å². The summed E-state index contributed by atoms with van der Waals surface area (Å²) in [6, 6.07) is 6.57. The van der Waals surface area contributed by atoms with Crippen LogP contribution in [0.5, 0.6) is 0 Å². The molecule has 2 rings (SSSR count). The molecule has 108 valence electrons. The quantitative estimate of drug-likeness (QED) is 0.877. The number of nitrogens with one attached hydrogen (secondary N) is 1. The second-order valence-corrected chi connectivity index (χ2v) is 5.16. The van der Waals surface area contributed by atoms with Crippen molar-refractivity contribution in [3.63, 3.8) is 0 Å². The fraction of sp³-hybridized carbons (Fsp3) is 0.533. The van der Waals surface area contributed by atoms with E-state index in [-0.39, 0.29) is 0 Å². The Bertz CT molecular complexity index is 542. The molecule has 0 spiro atoms. The van der Waals surface area contributed by atoms with Gasteiger partial charge in [0.2, 0.25) is 0 Å². The van der Waals surface area contributed by atoms with Gasteiger partial charge < -0.3 is 5.32 Å². The lowest BCUT2D eigenvalue weighted by Gasteiger charge is -2.08. The van der Waals surface area contributed by atoms with Crippen molar-refractivity contribution in [1.82, 2.24) is 25.3 Å². The molecule has 0 amide bonds. The molecular weight excluding hydrogens is 250 g/mol. The van der Waals surface area contributed by atoms with E-state index in [0.29, 0.717) is 6.04 Å². The fourth-order valence-electron chi connectivity index (χ4n) is 1.97. The normalized spacial score (nSPS) is 11.2. The van der Waals surface area contributed by atoms with Gasteiger partial charge in [-0.05, 0) is 31.0 Å². The lowest BCUT2D eigenvalue weighted by atomic mass is 10.2. The van der Waals surface area contributed by atoms with Crippen molar-refractivity contribution in [2.75, 3.05) is 0 Å². The third kappa shape index (κ3) is 3.42. The molecule has 1 N–H and O–H groups in total. The Morgan fingerprint density at radius 1 is 1.10 bits per heavy atom. The van der Waals surface area contributed by atoms with E-state index in [0.717, 1.165) is 36.6 Å². The fourth-order valence-corrected chi connectivity index (χ4v) is 1.97. The minimum atomic E-state index is 0.446. The molecule has 0 radical (unpaired) electrons. The van der Waals surface area contributed by atoms with Gasteiger partial charge in [0.1, 0.15) is 0 Å². The summed E-state index contributed by atoms with van der Waals surface area (Å²) >= 11 is 0. The van der Waals surface area contributed by atoms with Crippen LogP contribution in [0, 0.1) is 0 Å². The van der Waals surface area contributed by atoms with Crippen LogP contribution in [0.1, 0.15) is 44.8 Å². The van der Waals surface area contributed by atoms with Gasteiger partial charge in [-0.15, -0.1) is 5.10 Å². The van der Waals surface area contributed by atoms with Gasteiger partial charge in [0.15, 0.2) is 5.82 Å². The van der Waals surface area contributed by atoms with Crippen LogP contribution in [-0.4, -0.2) is 26.0 Å². The molecule has 0 saturated heterocycles. The number of hydrogen-bond donors (Lipinski definition) is 1. The largest absolute Gasteiger partial charge is 0.309 e. The monoisotopic (exact) mass is 273 g/mol. The number of rotatable bonds is 6. The van der Waals surface area contributed by atoms with Crippen LogP contribution in [0.3, 0.4) is 0 Å². The number of hydrogen-bond acceptors (Lipinski definition) is 4. The molecule has 0 saturated carbocycles. The zero-order valence-corrected chi connectivity index (χ0v) is 12.7. The zero-order valence-electron chi connectivity index (χ0n) is 12.7. The molecule has 0 unspecified atom stereocenters. The molecule has 0 fully saturated rings. The Morgan fingerprint density at radius 2 is 1.90 bits per heavy atom. The van der Waals surface area contributed by atoms with Gasteiger partial charge in [-0.25, -0.2) is 4.68 Å². The molecular formula is C15H23N5. The molecule has 2 aromatic heterocycles. The van der Waals surface area contributed by atoms with Crippen LogP contribution in [0.2, 0.25) is 0 Å². The average molecular weight is 273 g/mol. The molecule has 2 heterocycles. The van der Waals surface area contributed by atoms with Gasteiger partial charge in [-0.3, -0.25) is 0 Å². The second kappa shape index (κ2) is 6.61. The first-order chi connectivity index (χ1) is 9.63. The number of aromatic nitrogens is 4. The SMILES string of the molecule is CCc1cc(CC)n(-c2ccc(CNC(C)C)nn2)n1. The Morgan fingerprint density at radius 3 is 2.45 bits per heavy atom. The lowest BCUT2D eigenvalue weighted by molar-refractivity contribution is 0.576. The van der Waals surface area contributed by atoms with Crippen LogP contribution in [0.25, 0.3) is 5.82 Å². The molecule has 5 heteroatoms. The predicted octanol–water partition coefficient (Wildman–Crippen LogP) is 2.29. The molecule has 0 aliphatic carbocycles. The van der Waals surface area contributed by atoms with Crippen LogP contribution < -0.4 is 5.32 Å². The standard InChI is InChI=1S/C15H23N5/c1-5-12-9-14(6-2)20(19-12)15-8-7-13(17-18-15)10-16-11(3)4/h7-9,11,16H,5-6,10H2,1-4H3. The molecule has 0 atom stereocenters. The van der Waals surface area contributed by atoms with Crippen molar-refractivity contribution in [2.24, 2.45) is 0 Å². The summed E-state index contributed by atoms with van der Waals surface area (Å²) in [7, 11) is 0. The maximum Gasteiger partial charge on any atom is 0.175 e. The Labute approximate surface area is 120 Å². The first-order valence-corrected chi connectivity index (χ1v) is 7.28. The molecule has 5 nitrogen and oxygen atoms in total. The first-order valence-electron chi connectivity index (χ1n) is 7.28. The van der Waals surface area contributed by atoms with Gasteiger partial charge in [-0.2, -0.15) is 10.2 Å². The average Bonchev–Trinajstić information content (AvgIpc) is 2.89. The van der Waals surface area contributed by atoms with E-state index in [4.69, 9.17) is 0 Å². The zero-order chi connectivity index (χ0) is 14.5. The summed E-state index contributed by atoms with van der Waals surface area (Å²) in [4.78, 5) is 0. The van der Waals surface area contributed by atoms with Crippen LogP contribution >= 0.6 is 0 Å². The molecule has 0 bridgehead atoms. The van der Waals surface area contributed by atoms with Crippen molar-refractivity contribution in [3.05, 3.63) is 35.3 Å². The lowest BCUT2D eigenvalue weighted by Crippen LogP contribution is -2.22. The molecule has 0 aromatic carbocycles. The second-order valence-electron chi connectivity index (χ2n) is 5.16. The number of aryl methyl sites for hydroxylation is 2. The van der Waals surface area contributed by atoms with E-state index in [2.05, 4.69) is 54.4 Å². The van der Waals surface area contributed by atoms with Gasteiger partial charge in [0, 0.05) is 18.3 Å². The highest BCUT2D eigenvalue weighted by atomic mass is 15.3. The van der Waals surface area contributed by atoms with Gasteiger partial charge in [0.25, 0.3) is 0 Å². The first kappa shape index (κ1) is 14.7. The highest BCUT2D eigenvalue weighted by Crippen LogP contribution is 2.11. The summed E-state index contributed by atoms with van der Waals surface area (Å²) in [5.74, 6) is 0.787. The van der Waals surface area contributed by atoms with E-state index in [1.807, 2.05) is 16.8 Å². The predicted molar refractivity (Wildman–Crippen MR) is 79.9 cm³/mol. The van der Waals surface area contributed by atoms with E-state index in [9.17, 15) is 0 Å². The summed E-state index contributed by atoms with van der Waals surface area (Å²) in [5.41, 5.74) is 3.21.